The highest BCUT2D eigenvalue weighted by molar-refractivity contribution is 7.10. The van der Waals surface area contributed by atoms with Crippen molar-refractivity contribution in [2.45, 2.75) is 39.2 Å². The zero-order chi connectivity index (χ0) is 12.0. The van der Waals surface area contributed by atoms with E-state index in [1.165, 1.54) is 23.3 Å². The minimum atomic E-state index is 0.341. The van der Waals surface area contributed by atoms with Crippen LogP contribution in [0.5, 0.6) is 0 Å². The Labute approximate surface area is 103 Å². The van der Waals surface area contributed by atoms with E-state index in [0.29, 0.717) is 6.04 Å². The van der Waals surface area contributed by atoms with Crippen molar-refractivity contribution in [1.29, 1.82) is 0 Å². The molecule has 0 spiro atoms. The van der Waals surface area contributed by atoms with Gasteiger partial charge in [-0.2, -0.15) is 0 Å². The molecule has 0 saturated carbocycles. The highest BCUT2D eigenvalue weighted by atomic mass is 32.1. The van der Waals surface area contributed by atoms with Gasteiger partial charge in [0.25, 0.3) is 0 Å². The summed E-state index contributed by atoms with van der Waals surface area (Å²) in [5, 5.41) is 2.18. The lowest BCUT2D eigenvalue weighted by Crippen LogP contribution is -2.24. The Morgan fingerprint density at radius 1 is 1.44 bits per heavy atom. The van der Waals surface area contributed by atoms with Gasteiger partial charge in [-0.05, 0) is 63.7 Å². The molecule has 0 fully saturated rings. The van der Waals surface area contributed by atoms with Gasteiger partial charge in [0.2, 0.25) is 0 Å². The van der Waals surface area contributed by atoms with Gasteiger partial charge in [0.1, 0.15) is 0 Å². The highest BCUT2D eigenvalue weighted by Gasteiger charge is 2.03. The van der Waals surface area contributed by atoms with Gasteiger partial charge in [-0.25, -0.2) is 0 Å². The molecule has 0 aliphatic carbocycles. The van der Waals surface area contributed by atoms with E-state index in [0.717, 1.165) is 19.5 Å². The standard InChI is InChI=1S/C13H24N2S/c1-11-7-10-16-13(11)6-9-15(3)8-4-5-12(2)14/h7,10,12H,4-6,8-9,14H2,1-3H3. The summed E-state index contributed by atoms with van der Waals surface area (Å²) in [6.45, 7) is 6.59. The van der Waals surface area contributed by atoms with Crippen molar-refractivity contribution in [2.24, 2.45) is 5.73 Å². The average Bonchev–Trinajstić information content (AvgIpc) is 2.60. The quantitative estimate of drug-likeness (QED) is 0.794. The van der Waals surface area contributed by atoms with Gasteiger partial charge in [0.05, 0.1) is 0 Å². The Hall–Kier alpha value is -0.380. The molecule has 0 aliphatic rings. The summed E-state index contributed by atoms with van der Waals surface area (Å²) < 4.78 is 0. The Balaban J connectivity index is 2.15. The van der Waals surface area contributed by atoms with Gasteiger partial charge in [-0.3, -0.25) is 0 Å². The third kappa shape index (κ3) is 5.10. The van der Waals surface area contributed by atoms with E-state index >= 15 is 0 Å². The SMILES string of the molecule is Cc1ccsc1CCN(C)CCCC(C)N. The van der Waals surface area contributed by atoms with Crippen molar-refractivity contribution in [3.8, 4) is 0 Å². The predicted molar refractivity (Wildman–Crippen MR) is 73.1 cm³/mol. The van der Waals surface area contributed by atoms with Crippen molar-refractivity contribution in [2.75, 3.05) is 20.1 Å². The summed E-state index contributed by atoms with van der Waals surface area (Å²) in [6.07, 6.45) is 3.51. The third-order valence-electron chi connectivity index (χ3n) is 2.89. The lowest BCUT2D eigenvalue weighted by Gasteiger charge is -2.16. The first-order valence-electron chi connectivity index (χ1n) is 6.06. The number of likely N-dealkylation sites (N-methyl/N-ethyl adjacent to an activating group) is 1. The average molecular weight is 240 g/mol. The Bertz CT molecular complexity index is 294. The number of rotatable bonds is 7. The molecule has 2 N–H and O–H groups in total. The Morgan fingerprint density at radius 2 is 2.19 bits per heavy atom. The van der Waals surface area contributed by atoms with Crippen LogP contribution in [0.4, 0.5) is 0 Å². The summed E-state index contributed by atoms with van der Waals surface area (Å²) in [6, 6.07) is 2.55. The minimum absolute atomic E-state index is 0.341. The molecule has 2 nitrogen and oxygen atoms in total. The fourth-order valence-electron chi connectivity index (χ4n) is 1.75. The van der Waals surface area contributed by atoms with Crippen molar-refractivity contribution in [3.63, 3.8) is 0 Å². The second-order valence-electron chi connectivity index (χ2n) is 4.70. The van der Waals surface area contributed by atoms with Crippen LogP contribution in [0.3, 0.4) is 0 Å². The molecule has 1 aromatic rings. The summed E-state index contributed by atoms with van der Waals surface area (Å²) in [4.78, 5) is 3.93. The normalized spacial score (nSPS) is 13.3. The summed E-state index contributed by atoms with van der Waals surface area (Å²) in [7, 11) is 2.20. The van der Waals surface area contributed by atoms with Crippen LogP contribution in [0.2, 0.25) is 0 Å². The van der Waals surface area contributed by atoms with Crippen LogP contribution in [0, 0.1) is 6.92 Å². The largest absolute Gasteiger partial charge is 0.328 e. The van der Waals surface area contributed by atoms with Crippen LogP contribution in [0.25, 0.3) is 0 Å². The highest BCUT2D eigenvalue weighted by Crippen LogP contribution is 2.16. The molecule has 1 atom stereocenters. The molecule has 1 rings (SSSR count). The van der Waals surface area contributed by atoms with Crippen LogP contribution in [0.15, 0.2) is 11.4 Å². The fraction of sp³-hybridized carbons (Fsp3) is 0.692. The first-order chi connectivity index (χ1) is 7.59. The van der Waals surface area contributed by atoms with E-state index in [2.05, 4.69) is 37.2 Å². The second kappa shape index (κ2) is 7.05. The second-order valence-corrected chi connectivity index (χ2v) is 5.70. The van der Waals surface area contributed by atoms with E-state index in [9.17, 15) is 0 Å². The van der Waals surface area contributed by atoms with Crippen LogP contribution in [-0.2, 0) is 6.42 Å². The smallest absolute Gasteiger partial charge is 0.00871 e. The molecule has 0 bridgehead atoms. The molecular formula is C13H24N2S. The fourth-order valence-corrected chi connectivity index (χ4v) is 2.65. The maximum Gasteiger partial charge on any atom is 0.00871 e. The molecular weight excluding hydrogens is 216 g/mol. The molecule has 0 amide bonds. The Morgan fingerprint density at radius 3 is 2.75 bits per heavy atom. The molecule has 92 valence electrons. The number of hydrogen-bond acceptors (Lipinski definition) is 3. The Kier molecular flexibility index (Phi) is 6.03. The van der Waals surface area contributed by atoms with Gasteiger partial charge in [0, 0.05) is 17.5 Å². The monoisotopic (exact) mass is 240 g/mol. The van der Waals surface area contributed by atoms with Crippen molar-refractivity contribution < 1.29 is 0 Å². The summed E-state index contributed by atoms with van der Waals surface area (Å²) in [5.74, 6) is 0. The van der Waals surface area contributed by atoms with E-state index < -0.39 is 0 Å². The van der Waals surface area contributed by atoms with Gasteiger partial charge in [0.15, 0.2) is 0 Å². The number of nitrogens with zero attached hydrogens (tertiary/aromatic N) is 1. The van der Waals surface area contributed by atoms with Crippen LogP contribution < -0.4 is 5.73 Å². The molecule has 0 aromatic carbocycles. The molecule has 0 aliphatic heterocycles. The lowest BCUT2D eigenvalue weighted by molar-refractivity contribution is 0.327. The van der Waals surface area contributed by atoms with Gasteiger partial charge >= 0.3 is 0 Å². The van der Waals surface area contributed by atoms with Crippen molar-refractivity contribution in [3.05, 3.63) is 21.9 Å². The van der Waals surface area contributed by atoms with E-state index in [1.54, 1.807) is 0 Å². The molecule has 1 heterocycles. The molecule has 16 heavy (non-hydrogen) atoms. The van der Waals surface area contributed by atoms with E-state index in [4.69, 9.17) is 5.73 Å². The van der Waals surface area contributed by atoms with Crippen LogP contribution in [-0.4, -0.2) is 31.1 Å². The molecule has 1 aromatic heterocycles. The molecule has 3 heteroatoms. The topological polar surface area (TPSA) is 29.3 Å². The number of hydrogen-bond donors (Lipinski definition) is 1. The number of thiophene rings is 1. The summed E-state index contributed by atoms with van der Waals surface area (Å²) in [5.41, 5.74) is 7.17. The zero-order valence-electron chi connectivity index (χ0n) is 10.7. The zero-order valence-corrected chi connectivity index (χ0v) is 11.5. The molecule has 0 radical (unpaired) electrons. The molecule has 1 unspecified atom stereocenters. The van der Waals surface area contributed by atoms with Gasteiger partial charge < -0.3 is 10.6 Å². The van der Waals surface area contributed by atoms with Crippen molar-refractivity contribution in [1.82, 2.24) is 4.90 Å². The maximum atomic E-state index is 5.73. The molecule has 0 saturated heterocycles. The first-order valence-corrected chi connectivity index (χ1v) is 6.94. The van der Waals surface area contributed by atoms with E-state index in [-0.39, 0.29) is 0 Å². The van der Waals surface area contributed by atoms with Crippen LogP contribution in [0.1, 0.15) is 30.2 Å². The minimum Gasteiger partial charge on any atom is -0.328 e. The van der Waals surface area contributed by atoms with Crippen molar-refractivity contribution >= 4 is 11.3 Å². The van der Waals surface area contributed by atoms with E-state index in [1.807, 2.05) is 11.3 Å². The lowest BCUT2D eigenvalue weighted by atomic mass is 10.2. The van der Waals surface area contributed by atoms with Gasteiger partial charge in [-0.1, -0.05) is 0 Å². The third-order valence-corrected chi connectivity index (χ3v) is 3.97. The predicted octanol–water partition coefficient (Wildman–Crippen LogP) is 2.66. The van der Waals surface area contributed by atoms with Crippen LogP contribution >= 0.6 is 11.3 Å². The first kappa shape index (κ1) is 13.7. The maximum absolute atomic E-state index is 5.73. The number of aryl methyl sites for hydroxylation is 1. The number of nitrogens with two attached hydrogens (primary N) is 1. The summed E-state index contributed by atoms with van der Waals surface area (Å²) >= 11 is 1.87. The van der Waals surface area contributed by atoms with Gasteiger partial charge in [-0.15, -0.1) is 11.3 Å².